The van der Waals surface area contributed by atoms with Gasteiger partial charge in [-0.15, -0.1) is 0 Å². The Balaban J connectivity index is 2.74. The Bertz CT molecular complexity index is 393. The number of hydrogen-bond donors (Lipinski definition) is 2. The molecule has 3 N–H and O–H groups in total. The minimum Gasteiger partial charge on any atom is -0.379 e. The van der Waals surface area contributed by atoms with Crippen LogP contribution in [0.3, 0.4) is 0 Å². The topological polar surface area (TPSA) is 47.3 Å². The molecule has 0 aliphatic heterocycles. The van der Waals surface area contributed by atoms with Crippen molar-refractivity contribution in [2.24, 2.45) is 5.84 Å². The highest BCUT2D eigenvalue weighted by atomic mass is 19.1. The maximum atomic E-state index is 13.5. The van der Waals surface area contributed by atoms with Gasteiger partial charge in [0.15, 0.2) is 0 Å². The highest BCUT2D eigenvalue weighted by molar-refractivity contribution is 5.25. The van der Waals surface area contributed by atoms with Gasteiger partial charge in [-0.05, 0) is 50.8 Å². The van der Waals surface area contributed by atoms with E-state index in [1.54, 1.807) is 26.2 Å². The van der Waals surface area contributed by atoms with Gasteiger partial charge in [-0.2, -0.15) is 0 Å². The van der Waals surface area contributed by atoms with Crippen LogP contribution in [-0.4, -0.2) is 12.7 Å². The van der Waals surface area contributed by atoms with Gasteiger partial charge < -0.3 is 4.74 Å². The zero-order chi connectivity index (χ0) is 13.8. The Kier molecular flexibility index (Phi) is 5.26. The van der Waals surface area contributed by atoms with Crippen LogP contribution in [0.2, 0.25) is 0 Å². The highest BCUT2D eigenvalue weighted by Crippen LogP contribution is 2.25. The van der Waals surface area contributed by atoms with Crippen LogP contribution < -0.4 is 11.3 Å². The van der Waals surface area contributed by atoms with Crippen molar-refractivity contribution < 1.29 is 9.13 Å². The minimum absolute atomic E-state index is 0.0606. The van der Waals surface area contributed by atoms with Crippen LogP contribution >= 0.6 is 0 Å². The molecule has 0 heterocycles. The molecule has 18 heavy (non-hydrogen) atoms. The lowest BCUT2D eigenvalue weighted by Gasteiger charge is -2.26. The molecule has 4 heteroatoms. The molecule has 102 valence electrons. The van der Waals surface area contributed by atoms with E-state index in [0.29, 0.717) is 5.56 Å². The number of hydrazine groups is 1. The summed E-state index contributed by atoms with van der Waals surface area (Å²) in [7, 11) is 1.69. The van der Waals surface area contributed by atoms with Gasteiger partial charge >= 0.3 is 0 Å². The normalized spacial score (nSPS) is 13.7. The smallest absolute Gasteiger partial charge is 0.126 e. The quantitative estimate of drug-likeness (QED) is 0.606. The summed E-state index contributed by atoms with van der Waals surface area (Å²) >= 11 is 0. The predicted octanol–water partition coefficient (Wildman–Crippen LogP) is 2.84. The molecule has 1 rings (SSSR count). The molecule has 1 unspecified atom stereocenters. The summed E-state index contributed by atoms with van der Waals surface area (Å²) in [4.78, 5) is 0. The Labute approximate surface area is 108 Å². The third-order valence-electron chi connectivity index (χ3n) is 3.39. The molecule has 1 aromatic rings. The predicted molar refractivity (Wildman–Crippen MR) is 71.5 cm³/mol. The van der Waals surface area contributed by atoms with Crippen LogP contribution in [0.15, 0.2) is 18.2 Å². The Hall–Kier alpha value is -0.970. The first-order chi connectivity index (χ1) is 8.39. The molecular weight excluding hydrogens is 231 g/mol. The second kappa shape index (κ2) is 6.27. The van der Waals surface area contributed by atoms with Gasteiger partial charge in [0.2, 0.25) is 0 Å². The second-order valence-corrected chi connectivity index (χ2v) is 5.23. The van der Waals surface area contributed by atoms with Crippen LogP contribution in [-0.2, 0) is 4.74 Å². The average Bonchev–Trinajstić information content (AvgIpc) is 2.34. The first-order valence-corrected chi connectivity index (χ1v) is 6.17. The summed E-state index contributed by atoms with van der Waals surface area (Å²) in [6.07, 6.45) is 1.63. The first kappa shape index (κ1) is 15.1. The molecule has 1 aromatic carbocycles. The zero-order valence-corrected chi connectivity index (χ0v) is 11.6. The van der Waals surface area contributed by atoms with E-state index in [-0.39, 0.29) is 17.5 Å². The molecule has 0 saturated carbocycles. The highest BCUT2D eigenvalue weighted by Gasteiger charge is 2.20. The van der Waals surface area contributed by atoms with Crippen molar-refractivity contribution in [3.63, 3.8) is 0 Å². The fourth-order valence-electron chi connectivity index (χ4n) is 1.77. The maximum Gasteiger partial charge on any atom is 0.126 e. The van der Waals surface area contributed by atoms with Gasteiger partial charge in [-0.1, -0.05) is 12.1 Å². The number of nitrogens with two attached hydrogens (primary N) is 1. The summed E-state index contributed by atoms with van der Waals surface area (Å²) in [5, 5.41) is 0. The van der Waals surface area contributed by atoms with E-state index in [0.717, 1.165) is 18.4 Å². The number of methoxy groups -OCH3 is 1. The van der Waals surface area contributed by atoms with Crippen molar-refractivity contribution in [1.29, 1.82) is 0 Å². The van der Waals surface area contributed by atoms with Crippen molar-refractivity contribution in [3.8, 4) is 0 Å². The lowest BCUT2D eigenvalue weighted by molar-refractivity contribution is 0.0117. The van der Waals surface area contributed by atoms with Crippen molar-refractivity contribution in [2.45, 2.75) is 45.3 Å². The van der Waals surface area contributed by atoms with E-state index in [1.165, 1.54) is 0 Å². The largest absolute Gasteiger partial charge is 0.379 e. The Morgan fingerprint density at radius 3 is 2.61 bits per heavy atom. The summed E-state index contributed by atoms with van der Waals surface area (Å²) in [6.45, 7) is 5.80. The van der Waals surface area contributed by atoms with Crippen molar-refractivity contribution in [2.75, 3.05) is 7.11 Å². The summed E-state index contributed by atoms with van der Waals surface area (Å²) in [5.41, 5.74) is 4.06. The average molecular weight is 254 g/mol. The van der Waals surface area contributed by atoms with E-state index in [1.807, 2.05) is 19.9 Å². The zero-order valence-electron chi connectivity index (χ0n) is 11.6. The molecule has 0 spiro atoms. The molecule has 0 aromatic heterocycles. The van der Waals surface area contributed by atoms with Gasteiger partial charge in [0.1, 0.15) is 5.82 Å². The van der Waals surface area contributed by atoms with E-state index in [4.69, 9.17) is 10.6 Å². The molecule has 1 atom stereocenters. The van der Waals surface area contributed by atoms with Crippen molar-refractivity contribution in [3.05, 3.63) is 35.1 Å². The van der Waals surface area contributed by atoms with Gasteiger partial charge in [-0.3, -0.25) is 11.3 Å². The summed E-state index contributed by atoms with van der Waals surface area (Å²) in [6, 6.07) is 5.16. The van der Waals surface area contributed by atoms with Crippen LogP contribution in [0, 0.1) is 12.7 Å². The first-order valence-electron chi connectivity index (χ1n) is 6.17. The summed E-state index contributed by atoms with van der Waals surface area (Å²) in [5.74, 6) is 5.35. The van der Waals surface area contributed by atoms with Crippen LogP contribution in [0.1, 0.15) is 43.9 Å². The van der Waals surface area contributed by atoms with Crippen molar-refractivity contribution >= 4 is 0 Å². The number of nitrogens with one attached hydrogen (secondary N) is 1. The van der Waals surface area contributed by atoms with E-state index in [2.05, 4.69) is 5.43 Å². The summed E-state index contributed by atoms with van der Waals surface area (Å²) < 4.78 is 18.9. The third kappa shape index (κ3) is 4.05. The van der Waals surface area contributed by atoms with Gasteiger partial charge in [-0.25, -0.2) is 4.39 Å². The fraction of sp³-hybridized carbons (Fsp3) is 0.571. The number of ether oxygens (including phenoxy) is 1. The molecule has 0 radical (unpaired) electrons. The molecule has 0 aliphatic rings. The third-order valence-corrected chi connectivity index (χ3v) is 3.39. The number of halogens is 1. The number of rotatable bonds is 6. The molecule has 0 saturated heterocycles. The van der Waals surface area contributed by atoms with Crippen LogP contribution in [0.4, 0.5) is 4.39 Å². The molecule has 0 aliphatic carbocycles. The molecule has 3 nitrogen and oxygen atoms in total. The number of aryl methyl sites for hydroxylation is 1. The Morgan fingerprint density at radius 2 is 2.11 bits per heavy atom. The fourth-order valence-corrected chi connectivity index (χ4v) is 1.77. The monoisotopic (exact) mass is 254 g/mol. The van der Waals surface area contributed by atoms with E-state index < -0.39 is 0 Å². The second-order valence-electron chi connectivity index (χ2n) is 5.23. The standard InChI is InChI=1S/C14H23FN2O/c1-10-5-6-11(9-12(10)15)13(17-16)7-8-14(2,3)18-4/h5-6,9,13,17H,7-8,16H2,1-4H3. The number of hydrogen-bond acceptors (Lipinski definition) is 3. The lowest BCUT2D eigenvalue weighted by atomic mass is 9.95. The Morgan fingerprint density at radius 1 is 1.44 bits per heavy atom. The molecule has 0 bridgehead atoms. The van der Waals surface area contributed by atoms with E-state index >= 15 is 0 Å². The number of benzene rings is 1. The molecule has 0 amide bonds. The lowest BCUT2D eigenvalue weighted by Crippen LogP contribution is -2.31. The van der Waals surface area contributed by atoms with E-state index in [9.17, 15) is 4.39 Å². The van der Waals surface area contributed by atoms with Gasteiger partial charge in [0, 0.05) is 13.2 Å². The minimum atomic E-state index is -0.196. The maximum absolute atomic E-state index is 13.5. The molecule has 0 fully saturated rings. The SMILES string of the molecule is COC(C)(C)CCC(NN)c1ccc(C)c(F)c1. The van der Waals surface area contributed by atoms with Crippen molar-refractivity contribution in [1.82, 2.24) is 5.43 Å². The molecular formula is C14H23FN2O. The van der Waals surface area contributed by atoms with Crippen LogP contribution in [0.5, 0.6) is 0 Å². The van der Waals surface area contributed by atoms with Gasteiger partial charge in [0.05, 0.1) is 5.60 Å². The van der Waals surface area contributed by atoms with Gasteiger partial charge in [0.25, 0.3) is 0 Å². The van der Waals surface area contributed by atoms with Crippen LogP contribution in [0.25, 0.3) is 0 Å².